The van der Waals surface area contributed by atoms with Gasteiger partial charge >= 0.3 is 5.97 Å². The first-order valence-corrected chi connectivity index (χ1v) is 16.3. The Labute approximate surface area is 282 Å². The molecule has 1 unspecified atom stereocenters. The number of hydrogen-bond donors (Lipinski definition) is 0. The monoisotopic (exact) mass is 673 g/mol. The molecule has 2 heterocycles. The van der Waals surface area contributed by atoms with Gasteiger partial charge in [0.25, 0.3) is 11.8 Å². The zero-order chi connectivity index (χ0) is 33.1. The third-order valence-corrected chi connectivity index (χ3v) is 8.83. The molecule has 1 aromatic carbocycles. The Bertz CT molecular complexity index is 1410. The van der Waals surface area contributed by atoms with Crippen LogP contribution in [0.25, 0.3) is 0 Å². The summed E-state index contributed by atoms with van der Waals surface area (Å²) in [6.45, 7) is 14.5. The van der Waals surface area contributed by atoms with E-state index in [1.165, 1.54) is 0 Å². The summed E-state index contributed by atoms with van der Waals surface area (Å²) in [4.78, 5) is 46.2. The SMILES string of the molecule is C/C=C(\C)CN1/C=C2\CC/C(=C\C(N3CCN(C(=O)c4ccc(Cl)c(Cl)c4)CC3)=C(\C(=O)OCC)C1=O)CC(Cl)C2.C=CC=C. The van der Waals surface area contributed by atoms with Crippen LogP contribution < -0.4 is 0 Å². The second-order valence-electron chi connectivity index (χ2n) is 11.0. The van der Waals surface area contributed by atoms with E-state index in [2.05, 4.69) is 13.2 Å². The largest absolute Gasteiger partial charge is 0.462 e. The van der Waals surface area contributed by atoms with Crippen molar-refractivity contribution in [2.75, 3.05) is 39.3 Å². The molecule has 10 heteroatoms. The van der Waals surface area contributed by atoms with E-state index in [4.69, 9.17) is 39.5 Å². The van der Waals surface area contributed by atoms with Crippen molar-refractivity contribution in [2.24, 2.45) is 0 Å². The van der Waals surface area contributed by atoms with E-state index < -0.39 is 11.9 Å². The third kappa shape index (κ3) is 9.86. The molecule has 0 aromatic heterocycles. The fraction of sp³-hybridized carbons (Fsp3) is 0.400. The number of amides is 2. The van der Waals surface area contributed by atoms with Gasteiger partial charge in [0.1, 0.15) is 5.57 Å². The van der Waals surface area contributed by atoms with Crippen molar-refractivity contribution in [3.8, 4) is 0 Å². The second kappa shape index (κ2) is 17.4. The molecular weight excluding hydrogens is 633 g/mol. The summed E-state index contributed by atoms with van der Waals surface area (Å²) in [7, 11) is 0. The number of esters is 1. The average molecular weight is 675 g/mol. The Morgan fingerprint density at radius 1 is 1.02 bits per heavy atom. The number of rotatable bonds is 7. The summed E-state index contributed by atoms with van der Waals surface area (Å²) in [6.07, 6.45) is 12.0. The molecule has 0 spiro atoms. The zero-order valence-electron chi connectivity index (χ0n) is 26.3. The lowest BCUT2D eigenvalue weighted by Crippen LogP contribution is -2.49. The lowest BCUT2D eigenvalue weighted by atomic mass is 10.0. The number of carbonyl (C=O) groups is 3. The van der Waals surface area contributed by atoms with Crippen molar-refractivity contribution in [1.29, 1.82) is 0 Å². The maximum absolute atomic E-state index is 14.2. The Balaban J connectivity index is 0.00000130. The van der Waals surface area contributed by atoms with Crippen LogP contribution in [-0.2, 0) is 14.3 Å². The van der Waals surface area contributed by atoms with Gasteiger partial charge in [0.05, 0.1) is 22.3 Å². The Kier molecular flexibility index (Phi) is 14.0. The maximum atomic E-state index is 14.2. The van der Waals surface area contributed by atoms with Crippen LogP contribution in [0.5, 0.6) is 0 Å². The van der Waals surface area contributed by atoms with Gasteiger partial charge in [-0.2, -0.15) is 0 Å². The molecule has 2 fully saturated rings. The number of hydrogen-bond acceptors (Lipinski definition) is 5. The number of piperazine rings is 1. The zero-order valence-corrected chi connectivity index (χ0v) is 28.6. The van der Waals surface area contributed by atoms with Crippen LogP contribution in [0.15, 0.2) is 89.9 Å². The number of allylic oxidation sites excluding steroid dienone is 6. The minimum Gasteiger partial charge on any atom is -0.462 e. The van der Waals surface area contributed by atoms with Crippen LogP contribution in [0, 0.1) is 0 Å². The standard InChI is InChI=1S/C31H36Cl3N3O4.C4H6/c1-4-20(3)18-37-19-22-7-6-21(14-24(32)15-22)16-27(28(30(37)39)31(40)41-5-2)35-10-12-36(13-11-35)29(38)23-8-9-25(33)26(34)17-23;1-3-4-2/h4,8-9,16-17,19,24H,5-7,10-15,18H2,1-3H3;3-4H,1-2H2/b20-4+,21-16+,22-19+,28-27-;. The first-order valence-electron chi connectivity index (χ1n) is 15.1. The molecule has 242 valence electrons. The van der Waals surface area contributed by atoms with Gasteiger partial charge in [0.2, 0.25) is 0 Å². The van der Waals surface area contributed by atoms with Crippen LogP contribution in [0.1, 0.15) is 56.8 Å². The Morgan fingerprint density at radius 3 is 2.27 bits per heavy atom. The van der Waals surface area contributed by atoms with Crippen molar-refractivity contribution in [2.45, 2.75) is 51.8 Å². The maximum Gasteiger partial charge on any atom is 0.345 e. The number of fused-ring (bicyclic) bond motifs is 3. The number of benzene rings is 1. The third-order valence-electron chi connectivity index (χ3n) is 7.78. The number of nitrogens with zero attached hydrogens (tertiary/aromatic N) is 3. The van der Waals surface area contributed by atoms with Gasteiger partial charge in [-0.3, -0.25) is 9.59 Å². The van der Waals surface area contributed by atoms with E-state index >= 15 is 0 Å². The molecule has 1 aromatic rings. The van der Waals surface area contributed by atoms with Crippen molar-refractivity contribution < 1.29 is 19.1 Å². The molecule has 0 radical (unpaired) electrons. The highest BCUT2D eigenvalue weighted by Gasteiger charge is 2.34. The smallest absolute Gasteiger partial charge is 0.345 e. The van der Waals surface area contributed by atoms with E-state index in [9.17, 15) is 14.4 Å². The summed E-state index contributed by atoms with van der Waals surface area (Å²) < 4.78 is 5.44. The summed E-state index contributed by atoms with van der Waals surface area (Å²) >= 11 is 18.9. The quantitative estimate of drug-likeness (QED) is 0.0974. The van der Waals surface area contributed by atoms with Gasteiger partial charge in [-0.15, -0.1) is 11.6 Å². The fourth-order valence-corrected chi connectivity index (χ4v) is 5.99. The molecule has 2 bridgehead atoms. The Hall–Kier alpha value is -3.26. The summed E-state index contributed by atoms with van der Waals surface area (Å²) in [5, 5.41) is 0.599. The number of ether oxygens (including phenoxy) is 1. The lowest BCUT2D eigenvalue weighted by Gasteiger charge is -2.38. The first kappa shape index (κ1) is 36.2. The molecule has 4 rings (SSSR count). The van der Waals surface area contributed by atoms with Gasteiger partial charge in [-0.25, -0.2) is 4.79 Å². The summed E-state index contributed by atoms with van der Waals surface area (Å²) in [5.74, 6) is -1.21. The van der Waals surface area contributed by atoms with Crippen LogP contribution >= 0.6 is 34.8 Å². The van der Waals surface area contributed by atoms with E-state index in [0.29, 0.717) is 66.9 Å². The van der Waals surface area contributed by atoms with E-state index in [1.807, 2.05) is 37.1 Å². The van der Waals surface area contributed by atoms with Crippen LogP contribution in [0.3, 0.4) is 0 Å². The lowest BCUT2D eigenvalue weighted by molar-refractivity contribution is -0.141. The number of alkyl halides is 1. The van der Waals surface area contributed by atoms with Crippen LogP contribution in [0.4, 0.5) is 0 Å². The van der Waals surface area contributed by atoms with E-state index in [0.717, 1.165) is 29.6 Å². The van der Waals surface area contributed by atoms with Gasteiger partial charge in [0, 0.05) is 49.9 Å². The predicted molar refractivity (Wildman–Crippen MR) is 183 cm³/mol. The highest BCUT2D eigenvalue weighted by molar-refractivity contribution is 6.42. The van der Waals surface area contributed by atoms with Crippen LogP contribution in [-0.4, -0.2) is 77.2 Å². The molecule has 3 aliphatic rings. The second-order valence-corrected chi connectivity index (χ2v) is 12.5. The van der Waals surface area contributed by atoms with Crippen LogP contribution in [0.2, 0.25) is 10.0 Å². The van der Waals surface area contributed by atoms with Gasteiger partial charge in [0.15, 0.2) is 0 Å². The first-order chi connectivity index (χ1) is 21.5. The normalized spacial score (nSPS) is 23.1. The molecule has 2 amide bonds. The van der Waals surface area contributed by atoms with Crippen molar-refractivity contribution in [1.82, 2.24) is 14.7 Å². The molecule has 1 saturated carbocycles. The molecule has 7 nitrogen and oxygen atoms in total. The fourth-order valence-electron chi connectivity index (χ4n) is 5.30. The molecule has 1 aliphatic carbocycles. The molecule has 45 heavy (non-hydrogen) atoms. The number of halogens is 3. The van der Waals surface area contributed by atoms with Crippen molar-refractivity contribution >= 4 is 52.6 Å². The highest BCUT2D eigenvalue weighted by Crippen LogP contribution is 2.34. The van der Waals surface area contributed by atoms with Gasteiger partial charge in [-0.1, -0.05) is 71.3 Å². The minimum absolute atomic E-state index is 0.00281. The van der Waals surface area contributed by atoms with Crippen molar-refractivity contribution in [3.05, 3.63) is 105 Å². The average Bonchev–Trinajstić information content (AvgIpc) is 3.21. The minimum atomic E-state index is -0.655. The molecular formula is C35H42Cl3N3O4. The molecule has 2 aliphatic heterocycles. The predicted octanol–water partition coefficient (Wildman–Crippen LogP) is 7.73. The van der Waals surface area contributed by atoms with Gasteiger partial charge < -0.3 is 19.4 Å². The topological polar surface area (TPSA) is 70.2 Å². The van der Waals surface area contributed by atoms with Crippen molar-refractivity contribution in [3.63, 3.8) is 0 Å². The summed E-state index contributed by atoms with van der Waals surface area (Å²) in [6, 6.07) is 4.84. The molecule has 1 saturated heterocycles. The highest BCUT2D eigenvalue weighted by atomic mass is 35.5. The Morgan fingerprint density at radius 2 is 1.67 bits per heavy atom. The van der Waals surface area contributed by atoms with E-state index in [1.54, 1.807) is 47.1 Å². The number of carbonyl (C=O) groups excluding carboxylic acids is 3. The van der Waals surface area contributed by atoms with Gasteiger partial charge in [-0.05, 0) is 70.7 Å². The summed E-state index contributed by atoms with van der Waals surface area (Å²) in [5.41, 5.74) is 4.16. The molecule has 1 atom stereocenters. The molecule has 0 N–H and O–H groups in total. The van der Waals surface area contributed by atoms with E-state index in [-0.39, 0.29) is 23.5 Å².